The molecule has 0 fully saturated rings. The fourth-order valence-electron chi connectivity index (χ4n) is 1.09. The molecule has 3 nitrogen and oxygen atoms in total. The van der Waals surface area contributed by atoms with Crippen LogP contribution in [0.3, 0.4) is 0 Å². The Balaban J connectivity index is 2.37. The van der Waals surface area contributed by atoms with Gasteiger partial charge in [-0.25, -0.2) is 13.8 Å². The van der Waals surface area contributed by atoms with Crippen LogP contribution in [0.5, 0.6) is 0 Å². The normalized spacial score (nSPS) is 10.7. The summed E-state index contributed by atoms with van der Waals surface area (Å²) in [5, 5.41) is 5.94. The number of hydrogen-bond acceptors (Lipinski definition) is 3. The number of halogens is 2. The Morgan fingerprint density at radius 2 is 2.07 bits per heavy atom. The van der Waals surface area contributed by atoms with Crippen LogP contribution in [-0.4, -0.2) is 24.1 Å². The number of hydrogen-bond donors (Lipinski definition) is 2. The first kappa shape index (κ1) is 11.8. The summed E-state index contributed by atoms with van der Waals surface area (Å²) in [6, 6.07) is 1.20. The van der Waals surface area contributed by atoms with E-state index < -0.39 is 11.6 Å². The van der Waals surface area contributed by atoms with Crippen LogP contribution in [0.1, 0.15) is 13.8 Å². The van der Waals surface area contributed by atoms with Crippen molar-refractivity contribution in [3.8, 4) is 0 Å². The molecule has 0 radical (unpaired) electrons. The third-order valence-electron chi connectivity index (χ3n) is 1.78. The van der Waals surface area contributed by atoms with Gasteiger partial charge >= 0.3 is 0 Å². The van der Waals surface area contributed by atoms with Crippen molar-refractivity contribution in [1.29, 1.82) is 0 Å². The molecular formula is C10H15F2N3. The van der Waals surface area contributed by atoms with Gasteiger partial charge in [0.2, 0.25) is 0 Å². The predicted octanol–water partition coefficient (Wildman–Crippen LogP) is 1.77. The molecule has 0 saturated carbocycles. The number of nitrogens with one attached hydrogen (secondary N) is 2. The molecule has 0 aliphatic carbocycles. The molecule has 0 aliphatic heterocycles. The average molecular weight is 215 g/mol. The first-order valence-electron chi connectivity index (χ1n) is 4.88. The van der Waals surface area contributed by atoms with Gasteiger partial charge in [0.15, 0.2) is 11.6 Å². The van der Waals surface area contributed by atoms with Gasteiger partial charge in [-0.15, -0.1) is 0 Å². The second-order valence-corrected chi connectivity index (χ2v) is 3.52. The second kappa shape index (κ2) is 5.60. The molecule has 1 heterocycles. The number of anilines is 1. The highest BCUT2D eigenvalue weighted by molar-refractivity contribution is 5.35. The minimum atomic E-state index is -0.668. The first-order chi connectivity index (χ1) is 7.09. The Morgan fingerprint density at radius 1 is 1.33 bits per heavy atom. The van der Waals surface area contributed by atoms with Gasteiger partial charge in [0.1, 0.15) is 5.82 Å². The molecule has 5 heteroatoms. The highest BCUT2D eigenvalue weighted by atomic mass is 19.1. The summed E-state index contributed by atoms with van der Waals surface area (Å²) < 4.78 is 25.5. The monoisotopic (exact) mass is 215 g/mol. The van der Waals surface area contributed by atoms with Gasteiger partial charge in [0.05, 0.1) is 6.20 Å². The van der Waals surface area contributed by atoms with E-state index in [9.17, 15) is 8.78 Å². The zero-order chi connectivity index (χ0) is 11.3. The number of nitrogens with zero attached hydrogens (tertiary/aromatic N) is 1. The fourth-order valence-corrected chi connectivity index (χ4v) is 1.09. The maximum atomic E-state index is 13.1. The molecule has 0 unspecified atom stereocenters. The zero-order valence-electron chi connectivity index (χ0n) is 8.85. The molecule has 0 atom stereocenters. The van der Waals surface area contributed by atoms with Gasteiger partial charge in [0, 0.05) is 25.2 Å². The summed E-state index contributed by atoms with van der Waals surface area (Å²) in [7, 11) is 0. The minimum Gasteiger partial charge on any atom is -0.366 e. The third kappa shape index (κ3) is 4.20. The molecule has 0 amide bonds. The highest BCUT2D eigenvalue weighted by Gasteiger charge is 2.03. The molecule has 0 aromatic carbocycles. The van der Waals surface area contributed by atoms with Crippen molar-refractivity contribution < 1.29 is 8.78 Å². The van der Waals surface area contributed by atoms with Crippen molar-refractivity contribution in [2.24, 2.45) is 0 Å². The van der Waals surface area contributed by atoms with Gasteiger partial charge < -0.3 is 10.6 Å². The van der Waals surface area contributed by atoms with Crippen LogP contribution in [0.25, 0.3) is 0 Å². The molecule has 0 spiro atoms. The molecule has 1 rings (SSSR count). The van der Waals surface area contributed by atoms with E-state index in [1.807, 2.05) is 13.8 Å². The number of rotatable bonds is 5. The summed E-state index contributed by atoms with van der Waals surface area (Å²) in [5.41, 5.74) is 0. The van der Waals surface area contributed by atoms with Crippen molar-refractivity contribution in [3.05, 3.63) is 23.9 Å². The largest absolute Gasteiger partial charge is 0.366 e. The van der Waals surface area contributed by atoms with Crippen LogP contribution in [0.15, 0.2) is 12.3 Å². The molecule has 1 aromatic rings. The Hall–Kier alpha value is -1.23. The highest BCUT2D eigenvalue weighted by Crippen LogP contribution is 2.10. The standard InChI is InChI=1S/C10H15F2N3/c1-7(2)13-3-4-14-10-9(12)5-8(11)6-15-10/h5-7,13H,3-4H2,1-2H3,(H,14,15). The SMILES string of the molecule is CC(C)NCCNc1ncc(F)cc1F. The van der Waals surface area contributed by atoms with Crippen LogP contribution in [0.2, 0.25) is 0 Å². The van der Waals surface area contributed by atoms with Crippen LogP contribution in [-0.2, 0) is 0 Å². The zero-order valence-corrected chi connectivity index (χ0v) is 8.85. The third-order valence-corrected chi connectivity index (χ3v) is 1.78. The summed E-state index contributed by atoms with van der Waals surface area (Å²) in [6.45, 7) is 5.30. The molecule has 15 heavy (non-hydrogen) atoms. The quantitative estimate of drug-likeness (QED) is 0.735. The predicted molar refractivity (Wildman–Crippen MR) is 55.8 cm³/mol. The van der Waals surface area contributed by atoms with E-state index in [4.69, 9.17) is 0 Å². The maximum Gasteiger partial charge on any atom is 0.168 e. The van der Waals surface area contributed by atoms with Gasteiger partial charge in [-0.05, 0) is 0 Å². The van der Waals surface area contributed by atoms with Crippen LogP contribution >= 0.6 is 0 Å². The lowest BCUT2D eigenvalue weighted by atomic mass is 10.4. The van der Waals surface area contributed by atoms with E-state index in [0.717, 1.165) is 12.3 Å². The summed E-state index contributed by atoms with van der Waals surface area (Å²) in [4.78, 5) is 3.61. The maximum absolute atomic E-state index is 13.1. The summed E-state index contributed by atoms with van der Waals surface area (Å²) in [6.07, 6.45) is 0.987. The fraction of sp³-hybridized carbons (Fsp3) is 0.500. The van der Waals surface area contributed by atoms with Crippen molar-refractivity contribution in [3.63, 3.8) is 0 Å². The van der Waals surface area contributed by atoms with Crippen molar-refractivity contribution in [1.82, 2.24) is 10.3 Å². The van der Waals surface area contributed by atoms with Gasteiger partial charge in [-0.2, -0.15) is 0 Å². The Kier molecular flexibility index (Phi) is 4.42. The molecule has 0 bridgehead atoms. The van der Waals surface area contributed by atoms with Gasteiger partial charge in [-0.1, -0.05) is 13.8 Å². The molecular weight excluding hydrogens is 200 g/mol. The lowest BCUT2D eigenvalue weighted by Crippen LogP contribution is -2.28. The average Bonchev–Trinajstić information content (AvgIpc) is 2.14. The van der Waals surface area contributed by atoms with Gasteiger partial charge in [-0.3, -0.25) is 0 Å². The van der Waals surface area contributed by atoms with Crippen molar-refractivity contribution in [2.75, 3.05) is 18.4 Å². The van der Waals surface area contributed by atoms with Crippen LogP contribution < -0.4 is 10.6 Å². The van der Waals surface area contributed by atoms with Crippen molar-refractivity contribution in [2.45, 2.75) is 19.9 Å². The van der Waals surface area contributed by atoms with Gasteiger partial charge in [0.25, 0.3) is 0 Å². The van der Waals surface area contributed by atoms with E-state index in [-0.39, 0.29) is 5.82 Å². The van der Waals surface area contributed by atoms with E-state index in [2.05, 4.69) is 15.6 Å². The topological polar surface area (TPSA) is 37.0 Å². The molecule has 0 aliphatic rings. The first-order valence-corrected chi connectivity index (χ1v) is 4.88. The lowest BCUT2D eigenvalue weighted by molar-refractivity contribution is 0.572. The minimum absolute atomic E-state index is 0.0851. The van der Waals surface area contributed by atoms with Crippen molar-refractivity contribution >= 4 is 5.82 Å². The van der Waals surface area contributed by atoms with E-state index in [0.29, 0.717) is 19.1 Å². The molecule has 1 aromatic heterocycles. The summed E-state index contributed by atoms with van der Waals surface area (Å²) >= 11 is 0. The summed E-state index contributed by atoms with van der Waals surface area (Å²) in [5.74, 6) is -1.25. The Morgan fingerprint density at radius 3 is 2.67 bits per heavy atom. The smallest absolute Gasteiger partial charge is 0.168 e. The lowest BCUT2D eigenvalue weighted by Gasteiger charge is -2.09. The number of pyridine rings is 1. The van der Waals surface area contributed by atoms with E-state index in [1.165, 1.54) is 0 Å². The van der Waals surface area contributed by atoms with E-state index >= 15 is 0 Å². The van der Waals surface area contributed by atoms with Crippen LogP contribution in [0, 0.1) is 11.6 Å². The Labute approximate surface area is 87.9 Å². The molecule has 2 N–H and O–H groups in total. The molecule has 84 valence electrons. The van der Waals surface area contributed by atoms with E-state index in [1.54, 1.807) is 0 Å². The number of aromatic nitrogens is 1. The molecule has 0 saturated heterocycles. The Bertz CT molecular complexity index is 316. The van der Waals surface area contributed by atoms with Crippen LogP contribution in [0.4, 0.5) is 14.6 Å². The second-order valence-electron chi connectivity index (χ2n) is 3.52.